The quantitative estimate of drug-likeness (QED) is 0.458. The van der Waals surface area contributed by atoms with Crippen molar-refractivity contribution >= 4 is 44.5 Å². The number of carbonyl (C=O) groups excluding carboxylic acids is 1. The molecule has 0 saturated carbocycles. The molecule has 4 heteroatoms. The highest BCUT2D eigenvalue weighted by molar-refractivity contribution is 14.1. The second-order valence-electron chi connectivity index (χ2n) is 2.35. The van der Waals surface area contributed by atoms with Gasteiger partial charge in [0, 0.05) is 27.1 Å². The molecular formula is C10H6BrIO2. The summed E-state index contributed by atoms with van der Waals surface area (Å²) in [5, 5.41) is 0. The summed E-state index contributed by atoms with van der Waals surface area (Å²) in [6, 6.07) is 6.98. The summed E-state index contributed by atoms with van der Waals surface area (Å²) in [6.45, 7) is 0.137. The topological polar surface area (TPSA) is 26.3 Å². The van der Waals surface area contributed by atoms with E-state index >= 15 is 0 Å². The Bertz CT molecular complexity index is 375. The standard InChI is InChI=1S/C10H6BrIO2/c11-9-4-2-8(3-5-9)10(13)14-7-1-6-12/h2-5H,7H2. The molecule has 0 aliphatic carbocycles. The molecular weight excluding hydrogens is 359 g/mol. The van der Waals surface area contributed by atoms with E-state index in [2.05, 4.69) is 25.8 Å². The Kier molecular flexibility index (Phi) is 4.98. The molecule has 0 aliphatic heterocycles. The van der Waals surface area contributed by atoms with Crippen LogP contribution >= 0.6 is 38.5 Å². The van der Waals surface area contributed by atoms with Crippen LogP contribution in [0.2, 0.25) is 0 Å². The number of hydrogen-bond donors (Lipinski definition) is 0. The lowest BCUT2D eigenvalue weighted by molar-refractivity contribution is 0.0557. The van der Waals surface area contributed by atoms with E-state index in [1.165, 1.54) is 0 Å². The van der Waals surface area contributed by atoms with Crippen molar-refractivity contribution in [1.82, 2.24) is 0 Å². The summed E-state index contributed by atoms with van der Waals surface area (Å²) in [7, 11) is 0. The highest BCUT2D eigenvalue weighted by Gasteiger charge is 2.04. The molecule has 0 bridgehead atoms. The van der Waals surface area contributed by atoms with Crippen molar-refractivity contribution in [2.24, 2.45) is 0 Å². The maximum Gasteiger partial charge on any atom is 0.339 e. The van der Waals surface area contributed by atoms with Crippen molar-refractivity contribution in [3.63, 3.8) is 0 Å². The first-order valence-corrected chi connectivity index (χ1v) is 5.62. The third kappa shape index (κ3) is 3.68. The van der Waals surface area contributed by atoms with E-state index in [-0.39, 0.29) is 12.6 Å². The van der Waals surface area contributed by atoms with Crippen LogP contribution in [0.5, 0.6) is 0 Å². The molecule has 0 heterocycles. The molecule has 1 rings (SSSR count). The van der Waals surface area contributed by atoms with Crippen LogP contribution in [0.1, 0.15) is 10.4 Å². The highest BCUT2D eigenvalue weighted by atomic mass is 127. The van der Waals surface area contributed by atoms with Crippen LogP contribution in [-0.4, -0.2) is 12.6 Å². The number of ether oxygens (including phenoxy) is 1. The predicted octanol–water partition coefficient (Wildman–Crippen LogP) is 3.00. The van der Waals surface area contributed by atoms with Gasteiger partial charge < -0.3 is 4.74 Å². The minimum atomic E-state index is -0.350. The lowest BCUT2D eigenvalue weighted by atomic mass is 10.2. The van der Waals surface area contributed by atoms with Crippen LogP contribution < -0.4 is 0 Å². The Labute approximate surface area is 104 Å². The second-order valence-corrected chi connectivity index (χ2v) is 3.81. The summed E-state index contributed by atoms with van der Waals surface area (Å²) in [6.07, 6.45) is 0. The minimum Gasteiger partial charge on any atom is -0.449 e. The molecule has 0 atom stereocenters. The Hall–Kier alpha value is -0.540. The number of esters is 1. The lowest BCUT2D eigenvalue weighted by Crippen LogP contribution is -2.04. The number of hydrogen-bond acceptors (Lipinski definition) is 2. The molecule has 1 aromatic rings. The van der Waals surface area contributed by atoms with Gasteiger partial charge in [0.05, 0.1) is 5.56 Å². The number of carbonyl (C=O) groups is 1. The fraction of sp³-hybridized carbons (Fsp3) is 0.100. The summed E-state index contributed by atoms with van der Waals surface area (Å²) in [4.78, 5) is 11.3. The first-order chi connectivity index (χ1) is 6.74. The number of halogens is 2. The molecule has 0 fully saturated rings. The fourth-order valence-electron chi connectivity index (χ4n) is 0.798. The molecule has 0 saturated heterocycles. The first-order valence-electron chi connectivity index (χ1n) is 3.75. The van der Waals surface area contributed by atoms with Gasteiger partial charge in [0.2, 0.25) is 0 Å². The number of benzene rings is 1. The average molecular weight is 365 g/mol. The van der Waals surface area contributed by atoms with Crippen molar-refractivity contribution in [2.75, 3.05) is 6.61 Å². The van der Waals surface area contributed by atoms with Crippen molar-refractivity contribution in [3.05, 3.63) is 34.3 Å². The highest BCUT2D eigenvalue weighted by Crippen LogP contribution is 2.11. The van der Waals surface area contributed by atoms with E-state index in [0.29, 0.717) is 5.56 Å². The summed E-state index contributed by atoms with van der Waals surface area (Å²) in [5.41, 5.74) is 0.531. The van der Waals surface area contributed by atoms with Crippen molar-refractivity contribution < 1.29 is 9.53 Å². The van der Waals surface area contributed by atoms with E-state index in [1.807, 2.05) is 22.6 Å². The normalized spacial score (nSPS) is 8.71. The molecule has 0 aliphatic rings. The van der Waals surface area contributed by atoms with Crippen molar-refractivity contribution in [3.8, 4) is 9.85 Å². The first kappa shape index (κ1) is 11.5. The Morgan fingerprint density at radius 3 is 2.64 bits per heavy atom. The van der Waals surface area contributed by atoms with Gasteiger partial charge in [0.15, 0.2) is 6.61 Å². The Balaban J connectivity index is 2.59. The van der Waals surface area contributed by atoms with E-state index in [0.717, 1.165) is 4.47 Å². The molecule has 1 aromatic carbocycles. The third-order valence-electron chi connectivity index (χ3n) is 1.42. The molecule has 0 N–H and O–H groups in total. The summed E-state index contributed by atoms with van der Waals surface area (Å²) >= 11 is 5.18. The van der Waals surface area contributed by atoms with Crippen LogP contribution in [0.15, 0.2) is 28.7 Å². The third-order valence-corrected chi connectivity index (χ3v) is 2.33. The van der Waals surface area contributed by atoms with E-state index in [1.54, 1.807) is 24.3 Å². The monoisotopic (exact) mass is 364 g/mol. The molecule has 72 valence electrons. The van der Waals surface area contributed by atoms with Crippen LogP contribution in [0.25, 0.3) is 0 Å². The van der Waals surface area contributed by atoms with E-state index < -0.39 is 0 Å². The maximum atomic E-state index is 11.3. The average Bonchev–Trinajstić information content (AvgIpc) is 2.19. The van der Waals surface area contributed by atoms with Gasteiger partial charge >= 0.3 is 5.97 Å². The molecule has 0 unspecified atom stereocenters. The van der Waals surface area contributed by atoms with Crippen LogP contribution in [0.3, 0.4) is 0 Å². The van der Waals surface area contributed by atoms with E-state index in [9.17, 15) is 4.79 Å². The van der Waals surface area contributed by atoms with Gasteiger partial charge in [-0.1, -0.05) is 21.9 Å². The minimum absolute atomic E-state index is 0.137. The molecule has 0 amide bonds. The van der Waals surface area contributed by atoms with Crippen LogP contribution in [0.4, 0.5) is 0 Å². The second kappa shape index (κ2) is 6.04. The van der Waals surface area contributed by atoms with Gasteiger partial charge in [-0.25, -0.2) is 4.79 Å². The zero-order chi connectivity index (χ0) is 10.4. The maximum absolute atomic E-state index is 11.3. The largest absolute Gasteiger partial charge is 0.449 e. The van der Waals surface area contributed by atoms with Crippen LogP contribution in [0, 0.1) is 9.85 Å². The predicted molar refractivity (Wildman–Crippen MR) is 66.2 cm³/mol. The SMILES string of the molecule is O=C(OCC#CI)c1ccc(Br)cc1. The molecule has 0 spiro atoms. The van der Waals surface area contributed by atoms with Crippen LogP contribution in [-0.2, 0) is 4.74 Å². The Morgan fingerprint density at radius 1 is 1.43 bits per heavy atom. The van der Waals surface area contributed by atoms with E-state index in [4.69, 9.17) is 4.74 Å². The van der Waals surface area contributed by atoms with Gasteiger partial charge in [0.25, 0.3) is 0 Å². The number of rotatable bonds is 2. The molecule has 0 radical (unpaired) electrons. The Morgan fingerprint density at radius 2 is 2.07 bits per heavy atom. The summed E-state index contributed by atoms with van der Waals surface area (Å²) < 4.78 is 8.43. The summed E-state index contributed by atoms with van der Waals surface area (Å²) in [5.74, 6) is 2.29. The lowest BCUT2D eigenvalue weighted by Gasteiger charge is -2.00. The molecule has 2 nitrogen and oxygen atoms in total. The van der Waals surface area contributed by atoms with Gasteiger partial charge in [-0.2, -0.15) is 0 Å². The fourth-order valence-corrected chi connectivity index (χ4v) is 1.22. The smallest absolute Gasteiger partial charge is 0.339 e. The van der Waals surface area contributed by atoms with Crippen molar-refractivity contribution in [1.29, 1.82) is 0 Å². The van der Waals surface area contributed by atoms with Gasteiger partial charge in [-0.15, -0.1) is 0 Å². The zero-order valence-electron chi connectivity index (χ0n) is 7.09. The van der Waals surface area contributed by atoms with Gasteiger partial charge in [0.1, 0.15) is 0 Å². The zero-order valence-corrected chi connectivity index (χ0v) is 10.8. The van der Waals surface area contributed by atoms with Gasteiger partial charge in [-0.3, -0.25) is 0 Å². The molecule has 0 aromatic heterocycles. The molecule has 14 heavy (non-hydrogen) atoms. The van der Waals surface area contributed by atoms with Gasteiger partial charge in [-0.05, 0) is 28.2 Å². The van der Waals surface area contributed by atoms with Crippen molar-refractivity contribution in [2.45, 2.75) is 0 Å².